The molecule has 254 valence electrons. The van der Waals surface area contributed by atoms with Gasteiger partial charge in [-0.2, -0.15) is 5.26 Å². The quantitative estimate of drug-likeness (QED) is 0.169. The van der Waals surface area contributed by atoms with E-state index in [1.807, 2.05) is 36.4 Å². The average molecular weight is 700 g/mol. The second-order valence-electron chi connectivity index (χ2n) is 13.9. The first-order valence-corrected chi connectivity index (χ1v) is 18.3. The second-order valence-corrected chi connectivity index (χ2v) is 13.9. The highest BCUT2D eigenvalue weighted by molar-refractivity contribution is 6.17. The van der Waals surface area contributed by atoms with Gasteiger partial charge in [0.2, 0.25) is 0 Å². The number of aromatic nitrogens is 3. The van der Waals surface area contributed by atoms with Crippen molar-refractivity contribution in [1.82, 2.24) is 13.7 Å². The predicted octanol–water partition coefficient (Wildman–Crippen LogP) is 13.1. The van der Waals surface area contributed by atoms with Gasteiger partial charge >= 0.3 is 0 Å². The standard InChI is InChI=1S/C50H29N5/c1-52-40-23-14-29-46-48(40)39-20-6-11-28-45(39)53(46)43-26-9-4-18-35(43)37-21-12-15-32(31-51)49(37)55-44-27-10-5-19-36(44)38-22-13-30-47(50(38)55)54-41-24-7-2-16-33(41)34-17-3-8-25-42(34)54/h2-30H. The Labute approximate surface area is 316 Å². The van der Waals surface area contributed by atoms with Crippen molar-refractivity contribution in [2.75, 3.05) is 0 Å². The molecule has 0 spiro atoms. The molecule has 0 saturated heterocycles. The maximum atomic E-state index is 11.0. The van der Waals surface area contributed by atoms with E-state index in [0.29, 0.717) is 11.3 Å². The van der Waals surface area contributed by atoms with Gasteiger partial charge in [0.1, 0.15) is 6.07 Å². The fourth-order valence-corrected chi connectivity index (χ4v) is 8.94. The first-order valence-electron chi connectivity index (χ1n) is 18.3. The number of benzene rings is 8. The molecule has 0 amide bonds. The molecule has 5 nitrogen and oxygen atoms in total. The summed E-state index contributed by atoms with van der Waals surface area (Å²) in [6.45, 7) is 8.02. The van der Waals surface area contributed by atoms with Crippen LogP contribution in [0, 0.1) is 17.9 Å². The van der Waals surface area contributed by atoms with E-state index < -0.39 is 0 Å². The van der Waals surface area contributed by atoms with E-state index in [4.69, 9.17) is 6.57 Å². The van der Waals surface area contributed by atoms with Crippen molar-refractivity contribution in [2.24, 2.45) is 0 Å². The smallest absolute Gasteiger partial charge is 0.197 e. The van der Waals surface area contributed by atoms with Crippen molar-refractivity contribution in [1.29, 1.82) is 5.26 Å². The molecule has 5 heteroatoms. The van der Waals surface area contributed by atoms with Crippen LogP contribution in [0.4, 0.5) is 5.69 Å². The van der Waals surface area contributed by atoms with Crippen LogP contribution < -0.4 is 0 Å². The summed E-state index contributed by atoms with van der Waals surface area (Å²) in [5.41, 5.74) is 12.2. The van der Waals surface area contributed by atoms with Crippen LogP contribution in [0.15, 0.2) is 176 Å². The number of hydrogen-bond donors (Lipinski definition) is 0. The molecule has 0 unspecified atom stereocenters. The Kier molecular flexibility index (Phi) is 6.61. The molecule has 0 bridgehead atoms. The highest BCUT2D eigenvalue weighted by Gasteiger charge is 2.25. The first-order chi connectivity index (χ1) is 27.3. The van der Waals surface area contributed by atoms with Crippen molar-refractivity contribution >= 4 is 71.1 Å². The molecule has 0 saturated carbocycles. The molecule has 0 aliphatic heterocycles. The van der Waals surface area contributed by atoms with E-state index in [1.54, 1.807) is 0 Å². The lowest BCUT2D eigenvalue weighted by molar-refractivity contribution is 1.12. The molecular formula is C50H29N5. The molecule has 0 fully saturated rings. The number of hydrogen-bond acceptors (Lipinski definition) is 1. The van der Waals surface area contributed by atoms with Crippen LogP contribution in [0.5, 0.6) is 0 Å². The molecule has 0 aliphatic rings. The highest BCUT2D eigenvalue weighted by atomic mass is 15.1. The van der Waals surface area contributed by atoms with Gasteiger partial charge in [-0.3, -0.25) is 0 Å². The normalized spacial score (nSPS) is 11.6. The highest BCUT2D eigenvalue weighted by Crippen LogP contribution is 2.45. The summed E-state index contributed by atoms with van der Waals surface area (Å²) in [4.78, 5) is 3.93. The van der Waals surface area contributed by atoms with E-state index >= 15 is 0 Å². The Morgan fingerprint density at radius 3 is 1.58 bits per heavy atom. The van der Waals surface area contributed by atoms with Crippen LogP contribution in [0.1, 0.15) is 5.56 Å². The number of fused-ring (bicyclic) bond motifs is 9. The van der Waals surface area contributed by atoms with Crippen LogP contribution in [-0.2, 0) is 0 Å². The third-order valence-corrected chi connectivity index (χ3v) is 11.1. The van der Waals surface area contributed by atoms with E-state index in [0.717, 1.165) is 82.8 Å². The lowest BCUT2D eigenvalue weighted by Crippen LogP contribution is -2.05. The van der Waals surface area contributed by atoms with Crippen LogP contribution in [-0.4, -0.2) is 13.7 Å². The van der Waals surface area contributed by atoms with Crippen LogP contribution in [0.2, 0.25) is 0 Å². The Morgan fingerprint density at radius 1 is 0.418 bits per heavy atom. The zero-order valence-corrected chi connectivity index (χ0v) is 29.5. The minimum atomic E-state index is 0.574. The van der Waals surface area contributed by atoms with Crippen molar-refractivity contribution in [2.45, 2.75) is 0 Å². The lowest BCUT2D eigenvalue weighted by Gasteiger charge is -2.20. The molecule has 0 atom stereocenters. The van der Waals surface area contributed by atoms with Crippen molar-refractivity contribution in [3.05, 3.63) is 193 Å². The summed E-state index contributed by atoms with van der Waals surface area (Å²) in [6.07, 6.45) is 0. The Bertz CT molecular complexity index is 3420. The second kappa shape index (κ2) is 11.8. The summed E-state index contributed by atoms with van der Waals surface area (Å²) in [5.74, 6) is 0. The summed E-state index contributed by atoms with van der Waals surface area (Å²) >= 11 is 0. The monoisotopic (exact) mass is 699 g/mol. The fraction of sp³-hybridized carbons (Fsp3) is 0. The third kappa shape index (κ3) is 4.27. The van der Waals surface area contributed by atoms with Crippen LogP contribution in [0.3, 0.4) is 0 Å². The molecule has 0 radical (unpaired) electrons. The van der Waals surface area contributed by atoms with E-state index in [2.05, 4.69) is 164 Å². The summed E-state index contributed by atoms with van der Waals surface area (Å²) in [6, 6.07) is 63.5. The molecule has 11 aromatic rings. The number of nitrogens with zero attached hydrogens (tertiary/aromatic N) is 5. The minimum Gasteiger partial charge on any atom is -0.310 e. The Hall–Kier alpha value is -7.86. The van der Waals surface area contributed by atoms with Gasteiger partial charge in [-0.05, 0) is 53.9 Å². The van der Waals surface area contributed by atoms with E-state index in [1.165, 1.54) is 10.8 Å². The van der Waals surface area contributed by atoms with Gasteiger partial charge in [-0.1, -0.05) is 127 Å². The lowest BCUT2D eigenvalue weighted by atomic mass is 9.98. The molecule has 0 N–H and O–H groups in total. The topological polar surface area (TPSA) is 42.9 Å². The van der Waals surface area contributed by atoms with E-state index in [9.17, 15) is 5.26 Å². The van der Waals surface area contributed by atoms with Crippen molar-refractivity contribution in [3.8, 4) is 34.3 Å². The van der Waals surface area contributed by atoms with Crippen LogP contribution >= 0.6 is 0 Å². The maximum absolute atomic E-state index is 11.0. The minimum absolute atomic E-state index is 0.574. The molecule has 8 aromatic carbocycles. The van der Waals surface area contributed by atoms with Crippen molar-refractivity contribution in [3.63, 3.8) is 0 Å². The van der Waals surface area contributed by atoms with Crippen molar-refractivity contribution < 1.29 is 0 Å². The molecule has 0 aliphatic carbocycles. The first kappa shape index (κ1) is 30.7. The zero-order chi connectivity index (χ0) is 36.6. The molecule has 3 aromatic heterocycles. The SMILES string of the molecule is [C-]#[N+]c1cccc2c1c1ccccc1n2-c1ccccc1-c1cccc(C#N)c1-n1c2ccccc2c2cccc(-n3c4ccccc4c4ccccc43)c21. The maximum Gasteiger partial charge on any atom is 0.197 e. The van der Waals surface area contributed by atoms with Gasteiger partial charge in [0.25, 0.3) is 0 Å². The van der Waals surface area contributed by atoms with Crippen LogP contribution in [0.25, 0.3) is 98.5 Å². The Morgan fingerprint density at radius 2 is 0.891 bits per heavy atom. The van der Waals surface area contributed by atoms with Gasteiger partial charge in [-0.25, -0.2) is 4.85 Å². The molecule has 11 rings (SSSR count). The Balaban J connectivity index is 1.29. The largest absolute Gasteiger partial charge is 0.310 e. The summed E-state index contributed by atoms with van der Waals surface area (Å²) in [5, 5.41) is 17.5. The van der Waals surface area contributed by atoms with Gasteiger partial charge in [0, 0.05) is 43.6 Å². The number of para-hydroxylation sites is 7. The van der Waals surface area contributed by atoms with Gasteiger partial charge in [0.15, 0.2) is 5.69 Å². The number of rotatable bonds is 4. The third-order valence-electron chi connectivity index (χ3n) is 11.1. The van der Waals surface area contributed by atoms with Gasteiger partial charge in [-0.15, -0.1) is 0 Å². The van der Waals surface area contributed by atoms with E-state index in [-0.39, 0.29) is 0 Å². The van der Waals surface area contributed by atoms with Gasteiger partial charge < -0.3 is 13.7 Å². The average Bonchev–Trinajstić information content (AvgIpc) is 3.89. The zero-order valence-electron chi connectivity index (χ0n) is 29.5. The fourth-order valence-electron chi connectivity index (χ4n) is 8.94. The molecule has 55 heavy (non-hydrogen) atoms. The molecular weight excluding hydrogens is 671 g/mol. The number of nitriles is 1. The summed E-state index contributed by atoms with van der Waals surface area (Å²) in [7, 11) is 0. The van der Waals surface area contributed by atoms with Gasteiger partial charge in [0.05, 0.1) is 56.8 Å². The summed E-state index contributed by atoms with van der Waals surface area (Å²) < 4.78 is 6.96. The molecule has 3 heterocycles. The predicted molar refractivity (Wildman–Crippen MR) is 226 cm³/mol.